The Balaban J connectivity index is 1.95. The predicted octanol–water partition coefficient (Wildman–Crippen LogP) is 4.56. The van der Waals surface area contributed by atoms with Crippen LogP contribution in [0.15, 0.2) is 78.6 Å². The van der Waals surface area contributed by atoms with Crippen LogP contribution in [0.1, 0.15) is 28.4 Å². The van der Waals surface area contributed by atoms with Crippen LogP contribution in [-0.2, 0) is 11.2 Å². The molecule has 0 saturated heterocycles. The highest BCUT2D eigenvalue weighted by Crippen LogP contribution is 2.20. The SMILES string of the molecule is CCc1ccc(/C=C(/C(=O)Nc2cccc(OC)c2)C(=O)c2cccnc2)cc1. The molecule has 0 aliphatic heterocycles. The van der Waals surface area contributed by atoms with Gasteiger partial charge in [-0.2, -0.15) is 0 Å². The summed E-state index contributed by atoms with van der Waals surface area (Å²) in [6.45, 7) is 2.07. The van der Waals surface area contributed by atoms with E-state index in [2.05, 4.69) is 17.2 Å². The Bertz CT molecular complexity index is 1030. The van der Waals surface area contributed by atoms with E-state index in [0.29, 0.717) is 17.0 Å². The summed E-state index contributed by atoms with van der Waals surface area (Å²) in [5, 5.41) is 2.78. The zero-order valence-corrected chi connectivity index (χ0v) is 16.4. The number of aromatic nitrogens is 1. The molecule has 3 rings (SSSR count). The maximum Gasteiger partial charge on any atom is 0.259 e. The number of hydrogen-bond acceptors (Lipinski definition) is 4. The zero-order valence-electron chi connectivity index (χ0n) is 16.4. The third kappa shape index (κ3) is 5.17. The number of aryl methyl sites for hydroxylation is 1. The summed E-state index contributed by atoms with van der Waals surface area (Å²) in [6, 6.07) is 18.1. The van der Waals surface area contributed by atoms with Gasteiger partial charge in [0, 0.05) is 29.7 Å². The van der Waals surface area contributed by atoms with E-state index >= 15 is 0 Å². The molecule has 0 unspecified atom stereocenters. The van der Waals surface area contributed by atoms with Crippen molar-refractivity contribution in [2.24, 2.45) is 0 Å². The van der Waals surface area contributed by atoms with Gasteiger partial charge in [-0.05, 0) is 47.9 Å². The molecule has 2 aromatic carbocycles. The van der Waals surface area contributed by atoms with Crippen molar-refractivity contribution in [2.45, 2.75) is 13.3 Å². The van der Waals surface area contributed by atoms with E-state index in [1.165, 1.54) is 11.8 Å². The molecule has 0 aliphatic rings. The van der Waals surface area contributed by atoms with E-state index < -0.39 is 11.7 Å². The van der Waals surface area contributed by atoms with Crippen molar-refractivity contribution in [3.05, 3.63) is 95.3 Å². The first-order valence-corrected chi connectivity index (χ1v) is 9.31. The van der Waals surface area contributed by atoms with Crippen molar-refractivity contribution in [1.82, 2.24) is 4.98 Å². The molecule has 0 spiro atoms. The van der Waals surface area contributed by atoms with Gasteiger partial charge in [-0.3, -0.25) is 14.6 Å². The number of pyridine rings is 1. The molecule has 0 fully saturated rings. The molecule has 5 heteroatoms. The maximum absolute atomic E-state index is 13.0. The highest BCUT2D eigenvalue weighted by atomic mass is 16.5. The number of amides is 1. The third-order valence-electron chi connectivity index (χ3n) is 4.44. The van der Waals surface area contributed by atoms with Crippen LogP contribution >= 0.6 is 0 Å². The van der Waals surface area contributed by atoms with Gasteiger partial charge in [0.05, 0.1) is 12.7 Å². The van der Waals surface area contributed by atoms with E-state index in [9.17, 15) is 9.59 Å². The molecule has 1 N–H and O–H groups in total. The van der Waals surface area contributed by atoms with Crippen LogP contribution in [0.4, 0.5) is 5.69 Å². The average molecular weight is 386 g/mol. The molecule has 0 bridgehead atoms. The maximum atomic E-state index is 13.0. The fraction of sp³-hybridized carbons (Fsp3) is 0.125. The van der Waals surface area contributed by atoms with Gasteiger partial charge >= 0.3 is 0 Å². The molecule has 146 valence electrons. The molecular weight excluding hydrogens is 364 g/mol. The number of nitrogens with one attached hydrogen (secondary N) is 1. The number of methoxy groups -OCH3 is 1. The van der Waals surface area contributed by atoms with E-state index in [-0.39, 0.29) is 5.57 Å². The van der Waals surface area contributed by atoms with Gasteiger partial charge in [-0.15, -0.1) is 0 Å². The summed E-state index contributed by atoms with van der Waals surface area (Å²) in [5.74, 6) is -0.271. The Labute approximate surface area is 170 Å². The molecule has 29 heavy (non-hydrogen) atoms. The van der Waals surface area contributed by atoms with Crippen LogP contribution in [-0.4, -0.2) is 23.8 Å². The first-order valence-electron chi connectivity index (χ1n) is 9.31. The minimum absolute atomic E-state index is 0.0325. The quantitative estimate of drug-likeness (QED) is 0.280. The number of ketones is 1. The molecule has 0 radical (unpaired) electrons. The van der Waals surface area contributed by atoms with Crippen molar-refractivity contribution in [3.63, 3.8) is 0 Å². The number of benzene rings is 2. The molecule has 1 heterocycles. The number of ether oxygens (including phenoxy) is 1. The average Bonchev–Trinajstić information content (AvgIpc) is 2.78. The highest BCUT2D eigenvalue weighted by Gasteiger charge is 2.20. The lowest BCUT2D eigenvalue weighted by Crippen LogP contribution is -2.21. The van der Waals surface area contributed by atoms with E-state index in [4.69, 9.17) is 4.74 Å². The largest absolute Gasteiger partial charge is 0.497 e. The lowest BCUT2D eigenvalue weighted by atomic mass is 10.0. The highest BCUT2D eigenvalue weighted by molar-refractivity contribution is 6.31. The number of hydrogen-bond donors (Lipinski definition) is 1. The van der Waals surface area contributed by atoms with E-state index in [1.807, 2.05) is 24.3 Å². The zero-order chi connectivity index (χ0) is 20.6. The standard InChI is InChI=1S/C24H22N2O3/c1-3-17-9-11-18(12-10-17)14-22(23(27)19-6-5-13-25-16-19)24(28)26-20-7-4-8-21(15-20)29-2/h4-16H,3H2,1-2H3,(H,26,28)/b22-14+. The Morgan fingerprint density at radius 2 is 1.86 bits per heavy atom. The van der Waals surface area contributed by atoms with Crippen molar-refractivity contribution in [2.75, 3.05) is 12.4 Å². The molecule has 5 nitrogen and oxygen atoms in total. The minimum atomic E-state index is -0.494. The molecule has 1 amide bonds. The van der Waals surface area contributed by atoms with Gasteiger partial charge in [-0.25, -0.2) is 0 Å². The molecule has 0 saturated carbocycles. The summed E-state index contributed by atoms with van der Waals surface area (Å²) in [6.07, 6.45) is 5.56. The van der Waals surface area contributed by atoms with Gasteiger partial charge in [0.1, 0.15) is 5.75 Å². The lowest BCUT2D eigenvalue weighted by molar-refractivity contribution is -0.112. The number of nitrogens with zero attached hydrogens (tertiary/aromatic N) is 1. The Morgan fingerprint density at radius 1 is 1.07 bits per heavy atom. The molecule has 0 atom stereocenters. The van der Waals surface area contributed by atoms with Gasteiger partial charge in [-0.1, -0.05) is 37.3 Å². The second kappa shape index (κ2) is 9.46. The van der Waals surface area contributed by atoms with Gasteiger partial charge < -0.3 is 10.1 Å². The van der Waals surface area contributed by atoms with Crippen LogP contribution in [0.3, 0.4) is 0 Å². The van der Waals surface area contributed by atoms with Crippen LogP contribution in [0, 0.1) is 0 Å². The van der Waals surface area contributed by atoms with Crippen molar-refractivity contribution < 1.29 is 14.3 Å². The van der Waals surface area contributed by atoms with Crippen molar-refractivity contribution >= 4 is 23.5 Å². The molecule has 0 aliphatic carbocycles. The Morgan fingerprint density at radius 3 is 2.52 bits per heavy atom. The molecule has 3 aromatic rings. The number of carbonyl (C=O) groups is 2. The van der Waals surface area contributed by atoms with E-state index in [0.717, 1.165) is 12.0 Å². The van der Waals surface area contributed by atoms with Crippen LogP contribution in [0.2, 0.25) is 0 Å². The molecular formula is C24H22N2O3. The van der Waals surface area contributed by atoms with Crippen molar-refractivity contribution in [3.8, 4) is 5.75 Å². The van der Waals surface area contributed by atoms with Crippen molar-refractivity contribution in [1.29, 1.82) is 0 Å². The summed E-state index contributed by atoms with van der Waals surface area (Å²) in [5.41, 5.74) is 2.88. The summed E-state index contributed by atoms with van der Waals surface area (Å²) >= 11 is 0. The normalized spacial score (nSPS) is 11.0. The first kappa shape index (κ1) is 20.0. The predicted molar refractivity (Wildman–Crippen MR) is 114 cm³/mol. The van der Waals surface area contributed by atoms with Crippen LogP contribution in [0.25, 0.3) is 6.08 Å². The summed E-state index contributed by atoms with van der Waals surface area (Å²) in [4.78, 5) is 30.0. The van der Waals surface area contributed by atoms with Crippen LogP contribution < -0.4 is 10.1 Å². The minimum Gasteiger partial charge on any atom is -0.497 e. The molecule has 1 aromatic heterocycles. The third-order valence-corrected chi connectivity index (χ3v) is 4.44. The second-order valence-corrected chi connectivity index (χ2v) is 6.41. The summed E-state index contributed by atoms with van der Waals surface area (Å²) < 4.78 is 5.19. The van der Waals surface area contributed by atoms with Gasteiger partial charge in [0.2, 0.25) is 0 Å². The Hall–Kier alpha value is -3.73. The smallest absolute Gasteiger partial charge is 0.259 e. The lowest BCUT2D eigenvalue weighted by Gasteiger charge is -2.10. The second-order valence-electron chi connectivity index (χ2n) is 6.41. The fourth-order valence-corrected chi connectivity index (χ4v) is 2.80. The first-order chi connectivity index (χ1) is 14.1. The number of rotatable bonds is 7. The van der Waals surface area contributed by atoms with Gasteiger partial charge in [0.15, 0.2) is 5.78 Å². The summed E-state index contributed by atoms with van der Waals surface area (Å²) in [7, 11) is 1.55. The number of carbonyl (C=O) groups excluding carboxylic acids is 2. The topological polar surface area (TPSA) is 68.3 Å². The monoisotopic (exact) mass is 386 g/mol. The number of Topliss-reactive ketones (excluding diaryl/α,β-unsaturated/α-hetero) is 1. The van der Waals surface area contributed by atoms with Gasteiger partial charge in [0.25, 0.3) is 5.91 Å². The fourth-order valence-electron chi connectivity index (χ4n) is 2.80. The Kier molecular flexibility index (Phi) is 6.53. The van der Waals surface area contributed by atoms with Crippen LogP contribution in [0.5, 0.6) is 5.75 Å². The van der Waals surface area contributed by atoms with E-state index in [1.54, 1.807) is 55.8 Å². The number of anilines is 1.